The summed E-state index contributed by atoms with van der Waals surface area (Å²) in [5.41, 5.74) is 0. The normalized spacial score (nSPS) is 27.7. The van der Waals surface area contributed by atoms with Gasteiger partial charge in [0.05, 0.1) is 35.9 Å². The lowest BCUT2D eigenvalue weighted by atomic mass is 10.1. The van der Waals surface area contributed by atoms with Gasteiger partial charge in [0.1, 0.15) is 0 Å². The Labute approximate surface area is 146 Å². The maximum Gasteiger partial charge on any atom is 0.0989 e. The third kappa shape index (κ3) is 7.74. The fourth-order valence-electron chi connectivity index (χ4n) is 2.66. The molecule has 0 saturated carbocycles. The number of aliphatic hydroxyl groups is 1. The number of unbranched alkanes of at least 4 members (excludes halogenated alkanes) is 3. The standard InChI is InChI=1S/C18H36O4S/c1-4-7-10-20-14-16-18(22-12-9-6-3)17(15(13-19)23-16)21-11-8-5-2/h15-19H,4-14H2,1-3H3/t15?,16-,17+,18+/m0/s1. The van der Waals surface area contributed by atoms with Gasteiger partial charge in [0, 0.05) is 19.8 Å². The SMILES string of the molecule is CCCCOC[C@@H]1SC(CO)[C@@H](OCCCC)[C@@H]1OCCCC. The molecule has 1 saturated heterocycles. The molecule has 0 aliphatic carbocycles. The van der Waals surface area contributed by atoms with E-state index in [9.17, 15) is 5.11 Å². The van der Waals surface area contributed by atoms with Crippen LogP contribution in [0.3, 0.4) is 0 Å². The van der Waals surface area contributed by atoms with Crippen LogP contribution in [0.5, 0.6) is 0 Å². The number of hydrogen-bond acceptors (Lipinski definition) is 5. The Morgan fingerprint density at radius 2 is 1.30 bits per heavy atom. The molecule has 1 rings (SSSR count). The van der Waals surface area contributed by atoms with Crippen LogP contribution < -0.4 is 0 Å². The summed E-state index contributed by atoms with van der Waals surface area (Å²) in [7, 11) is 0. The summed E-state index contributed by atoms with van der Waals surface area (Å²) in [6, 6.07) is 0. The Bertz CT molecular complexity index is 278. The Morgan fingerprint density at radius 1 is 0.783 bits per heavy atom. The van der Waals surface area contributed by atoms with Crippen molar-refractivity contribution in [1.82, 2.24) is 0 Å². The van der Waals surface area contributed by atoms with Gasteiger partial charge in [-0.2, -0.15) is 0 Å². The molecule has 0 aromatic rings. The lowest BCUT2D eigenvalue weighted by molar-refractivity contribution is -0.0777. The maximum atomic E-state index is 9.71. The smallest absolute Gasteiger partial charge is 0.0989 e. The monoisotopic (exact) mass is 348 g/mol. The number of ether oxygens (including phenoxy) is 3. The number of thioether (sulfide) groups is 1. The molecule has 1 aliphatic rings. The lowest BCUT2D eigenvalue weighted by Gasteiger charge is -2.26. The van der Waals surface area contributed by atoms with E-state index in [4.69, 9.17) is 14.2 Å². The first-order valence-electron chi connectivity index (χ1n) is 9.35. The molecule has 1 heterocycles. The summed E-state index contributed by atoms with van der Waals surface area (Å²) in [5, 5.41) is 10.1. The predicted octanol–water partition coefficient (Wildman–Crippen LogP) is 3.65. The number of rotatable bonds is 14. The van der Waals surface area contributed by atoms with Crippen molar-refractivity contribution in [2.45, 2.75) is 82.0 Å². The van der Waals surface area contributed by atoms with E-state index in [-0.39, 0.29) is 29.3 Å². The minimum atomic E-state index is -0.0202. The predicted molar refractivity (Wildman–Crippen MR) is 97.3 cm³/mol. The molecule has 0 amide bonds. The molecule has 1 unspecified atom stereocenters. The van der Waals surface area contributed by atoms with Crippen LogP contribution in [0.2, 0.25) is 0 Å². The molecular weight excluding hydrogens is 312 g/mol. The highest BCUT2D eigenvalue weighted by molar-refractivity contribution is 8.01. The third-order valence-electron chi connectivity index (χ3n) is 4.13. The molecule has 5 heteroatoms. The molecule has 4 nitrogen and oxygen atoms in total. The summed E-state index contributed by atoms with van der Waals surface area (Å²) in [6.07, 6.45) is 6.62. The Hall–Kier alpha value is 0.190. The van der Waals surface area contributed by atoms with Crippen LogP contribution in [0.4, 0.5) is 0 Å². The lowest BCUT2D eigenvalue weighted by Crippen LogP contribution is -2.40. The van der Waals surface area contributed by atoms with Crippen molar-refractivity contribution in [2.24, 2.45) is 0 Å². The fraction of sp³-hybridized carbons (Fsp3) is 1.00. The zero-order valence-corrected chi connectivity index (χ0v) is 16.0. The van der Waals surface area contributed by atoms with Crippen LogP contribution in [0.25, 0.3) is 0 Å². The van der Waals surface area contributed by atoms with E-state index >= 15 is 0 Å². The van der Waals surface area contributed by atoms with E-state index < -0.39 is 0 Å². The van der Waals surface area contributed by atoms with Gasteiger partial charge >= 0.3 is 0 Å². The van der Waals surface area contributed by atoms with Crippen LogP contribution in [-0.2, 0) is 14.2 Å². The van der Waals surface area contributed by atoms with Gasteiger partial charge in [-0.15, -0.1) is 11.8 Å². The molecule has 1 aliphatic heterocycles. The molecule has 1 N–H and O–H groups in total. The first kappa shape index (κ1) is 21.2. The van der Waals surface area contributed by atoms with Crippen molar-refractivity contribution < 1.29 is 19.3 Å². The third-order valence-corrected chi connectivity index (χ3v) is 5.65. The van der Waals surface area contributed by atoms with E-state index in [0.29, 0.717) is 6.61 Å². The van der Waals surface area contributed by atoms with Crippen molar-refractivity contribution in [3.05, 3.63) is 0 Å². The van der Waals surface area contributed by atoms with Gasteiger partial charge in [-0.3, -0.25) is 0 Å². The van der Waals surface area contributed by atoms with Crippen molar-refractivity contribution in [3.8, 4) is 0 Å². The zero-order chi connectivity index (χ0) is 16.9. The molecular formula is C18H36O4S. The number of hydrogen-bond donors (Lipinski definition) is 1. The van der Waals surface area contributed by atoms with Crippen LogP contribution in [0.1, 0.15) is 59.3 Å². The van der Waals surface area contributed by atoms with Crippen molar-refractivity contribution in [3.63, 3.8) is 0 Å². The summed E-state index contributed by atoms with van der Waals surface area (Å²) in [4.78, 5) is 0. The summed E-state index contributed by atoms with van der Waals surface area (Å²) in [5.74, 6) is 0. The van der Waals surface area contributed by atoms with E-state index in [2.05, 4.69) is 20.8 Å². The average molecular weight is 349 g/mol. The molecule has 1 fully saturated rings. The van der Waals surface area contributed by atoms with E-state index in [1.807, 2.05) is 0 Å². The fourth-order valence-corrected chi connectivity index (χ4v) is 4.15. The second kappa shape index (κ2) is 13.5. The first-order chi connectivity index (χ1) is 11.3. The molecule has 0 aromatic heterocycles. The average Bonchev–Trinajstić information content (AvgIpc) is 2.89. The minimum Gasteiger partial charge on any atom is -0.395 e. The first-order valence-corrected chi connectivity index (χ1v) is 10.3. The summed E-state index contributed by atoms with van der Waals surface area (Å²) in [6.45, 7) is 9.64. The molecule has 138 valence electrons. The van der Waals surface area contributed by atoms with Gasteiger partial charge in [-0.1, -0.05) is 40.0 Å². The van der Waals surface area contributed by atoms with Gasteiger partial charge in [0.2, 0.25) is 0 Å². The second-order valence-corrected chi connectivity index (χ2v) is 7.69. The Balaban J connectivity index is 2.57. The van der Waals surface area contributed by atoms with Crippen LogP contribution in [0, 0.1) is 0 Å². The molecule has 0 bridgehead atoms. The largest absolute Gasteiger partial charge is 0.395 e. The topological polar surface area (TPSA) is 47.9 Å². The van der Waals surface area contributed by atoms with Crippen LogP contribution in [0.15, 0.2) is 0 Å². The Morgan fingerprint density at radius 3 is 1.83 bits per heavy atom. The second-order valence-electron chi connectivity index (χ2n) is 6.20. The van der Waals surface area contributed by atoms with Crippen LogP contribution >= 0.6 is 11.8 Å². The van der Waals surface area contributed by atoms with Crippen molar-refractivity contribution in [2.75, 3.05) is 33.0 Å². The summed E-state index contributed by atoms with van der Waals surface area (Å²) >= 11 is 1.78. The van der Waals surface area contributed by atoms with Gasteiger partial charge in [-0.05, 0) is 19.3 Å². The Kier molecular flexibility index (Phi) is 12.4. The van der Waals surface area contributed by atoms with Gasteiger partial charge in [0.15, 0.2) is 0 Å². The molecule has 0 spiro atoms. The quantitative estimate of drug-likeness (QED) is 0.486. The molecule has 0 radical (unpaired) electrons. The summed E-state index contributed by atoms with van der Waals surface area (Å²) < 4.78 is 18.1. The maximum absolute atomic E-state index is 9.71. The minimum absolute atomic E-state index is 0.0202. The molecule has 23 heavy (non-hydrogen) atoms. The van der Waals surface area contributed by atoms with Crippen molar-refractivity contribution in [1.29, 1.82) is 0 Å². The molecule has 0 aromatic carbocycles. The van der Waals surface area contributed by atoms with Crippen LogP contribution in [-0.4, -0.2) is 60.8 Å². The van der Waals surface area contributed by atoms with Gasteiger partial charge in [0.25, 0.3) is 0 Å². The van der Waals surface area contributed by atoms with E-state index in [1.165, 1.54) is 0 Å². The number of aliphatic hydroxyl groups excluding tert-OH is 1. The van der Waals surface area contributed by atoms with E-state index in [1.54, 1.807) is 11.8 Å². The highest BCUT2D eigenvalue weighted by Gasteiger charge is 2.45. The highest BCUT2D eigenvalue weighted by Crippen LogP contribution is 2.38. The van der Waals surface area contributed by atoms with Gasteiger partial charge in [-0.25, -0.2) is 0 Å². The van der Waals surface area contributed by atoms with Gasteiger partial charge < -0.3 is 19.3 Å². The highest BCUT2D eigenvalue weighted by atomic mass is 32.2. The van der Waals surface area contributed by atoms with E-state index in [0.717, 1.165) is 58.3 Å². The molecule has 4 atom stereocenters. The zero-order valence-electron chi connectivity index (χ0n) is 15.2. The van der Waals surface area contributed by atoms with Crippen molar-refractivity contribution >= 4 is 11.8 Å².